The highest BCUT2D eigenvalue weighted by molar-refractivity contribution is 7.18. The number of rotatable bonds is 7. The lowest BCUT2D eigenvalue weighted by atomic mass is 9.83. The summed E-state index contributed by atoms with van der Waals surface area (Å²) >= 11 is 1.54. The summed E-state index contributed by atoms with van der Waals surface area (Å²) in [7, 11) is 0. The van der Waals surface area contributed by atoms with Crippen molar-refractivity contribution in [3.8, 4) is 0 Å². The fourth-order valence-electron chi connectivity index (χ4n) is 4.05. The van der Waals surface area contributed by atoms with Crippen molar-refractivity contribution in [2.75, 3.05) is 5.32 Å². The van der Waals surface area contributed by atoms with Gasteiger partial charge >= 0.3 is 0 Å². The molecule has 3 unspecified atom stereocenters. The molecule has 0 bridgehead atoms. The number of nitrogens with one attached hydrogen (secondary N) is 1. The predicted octanol–water partition coefficient (Wildman–Crippen LogP) is 6.36. The number of benzene rings is 3. The molecule has 2 aromatic heterocycles. The summed E-state index contributed by atoms with van der Waals surface area (Å²) in [6, 6.07) is 34.0. The minimum atomic E-state index is -0.795. The van der Waals surface area contributed by atoms with Crippen molar-refractivity contribution < 1.29 is 5.11 Å². The number of thiazole rings is 1. The second kappa shape index (κ2) is 9.30. The smallest absolute Gasteiger partial charge is 0.126 e. The average Bonchev–Trinajstić information content (AvgIpc) is 3.30. The van der Waals surface area contributed by atoms with E-state index in [1.807, 2.05) is 78.9 Å². The molecule has 0 fully saturated rings. The van der Waals surface area contributed by atoms with Crippen LogP contribution in [0, 0.1) is 0 Å². The molecule has 0 amide bonds. The Morgan fingerprint density at radius 3 is 2.06 bits per heavy atom. The average molecular weight is 438 g/mol. The lowest BCUT2D eigenvalue weighted by molar-refractivity contribution is 0.135. The molecule has 4 nitrogen and oxygen atoms in total. The molecule has 0 radical (unpaired) electrons. The van der Waals surface area contributed by atoms with Crippen LogP contribution in [-0.4, -0.2) is 15.1 Å². The zero-order valence-electron chi connectivity index (χ0n) is 17.4. The van der Waals surface area contributed by atoms with Crippen LogP contribution >= 0.6 is 11.3 Å². The van der Waals surface area contributed by atoms with Crippen molar-refractivity contribution in [2.24, 2.45) is 0 Å². The van der Waals surface area contributed by atoms with Gasteiger partial charge in [0.2, 0.25) is 0 Å². The maximum absolute atomic E-state index is 11.7. The molecule has 32 heavy (non-hydrogen) atoms. The maximum Gasteiger partial charge on any atom is 0.126 e. The van der Waals surface area contributed by atoms with Gasteiger partial charge in [-0.05, 0) is 35.4 Å². The number of aromatic nitrogens is 2. The van der Waals surface area contributed by atoms with Gasteiger partial charge in [-0.1, -0.05) is 78.9 Å². The highest BCUT2D eigenvalue weighted by atomic mass is 32.1. The first-order chi connectivity index (χ1) is 15.8. The number of hydrogen-bond acceptors (Lipinski definition) is 5. The molecule has 0 spiro atoms. The highest BCUT2D eigenvalue weighted by Crippen LogP contribution is 2.44. The molecule has 5 rings (SSSR count). The van der Waals surface area contributed by atoms with Crippen molar-refractivity contribution in [3.05, 3.63) is 125 Å². The molecule has 5 aromatic rings. The van der Waals surface area contributed by atoms with Crippen LogP contribution in [0.25, 0.3) is 10.2 Å². The minimum absolute atomic E-state index is 0.212. The van der Waals surface area contributed by atoms with Crippen LogP contribution in [0.4, 0.5) is 5.82 Å². The van der Waals surface area contributed by atoms with E-state index in [1.54, 1.807) is 17.5 Å². The molecule has 0 aliphatic heterocycles. The van der Waals surface area contributed by atoms with Gasteiger partial charge in [0.15, 0.2) is 0 Å². The number of anilines is 1. The molecule has 158 valence electrons. The molecular formula is C27H23N3OS. The van der Waals surface area contributed by atoms with Crippen LogP contribution < -0.4 is 5.32 Å². The van der Waals surface area contributed by atoms with Crippen molar-refractivity contribution in [1.29, 1.82) is 0 Å². The van der Waals surface area contributed by atoms with E-state index in [0.717, 1.165) is 27.2 Å². The Morgan fingerprint density at radius 1 is 0.719 bits per heavy atom. The normalized spacial score (nSPS) is 14.0. The summed E-state index contributed by atoms with van der Waals surface area (Å²) in [5.41, 5.74) is 3.02. The van der Waals surface area contributed by atoms with E-state index in [9.17, 15) is 5.11 Å². The fourth-order valence-corrected chi connectivity index (χ4v) is 5.05. The molecule has 2 heterocycles. The Balaban J connectivity index is 1.62. The lowest BCUT2D eigenvalue weighted by Gasteiger charge is -2.32. The second-order valence-electron chi connectivity index (χ2n) is 7.65. The van der Waals surface area contributed by atoms with Gasteiger partial charge in [0.25, 0.3) is 0 Å². The van der Waals surface area contributed by atoms with Crippen molar-refractivity contribution in [3.63, 3.8) is 0 Å². The zero-order chi connectivity index (χ0) is 21.8. The van der Waals surface area contributed by atoms with Gasteiger partial charge in [0.05, 0.1) is 16.3 Å². The van der Waals surface area contributed by atoms with Gasteiger partial charge in [0.1, 0.15) is 16.9 Å². The zero-order valence-corrected chi connectivity index (χ0v) is 18.2. The van der Waals surface area contributed by atoms with Crippen molar-refractivity contribution >= 4 is 27.4 Å². The number of nitrogens with zero attached hydrogens (tertiary/aromatic N) is 2. The Hall–Kier alpha value is -3.54. The van der Waals surface area contributed by atoms with Gasteiger partial charge in [-0.15, -0.1) is 11.3 Å². The third kappa shape index (κ3) is 4.26. The van der Waals surface area contributed by atoms with E-state index in [1.165, 1.54) is 0 Å². The van der Waals surface area contributed by atoms with Crippen LogP contribution in [0.3, 0.4) is 0 Å². The van der Waals surface area contributed by atoms with E-state index in [4.69, 9.17) is 4.98 Å². The summed E-state index contributed by atoms with van der Waals surface area (Å²) in [5, 5.41) is 16.0. The van der Waals surface area contributed by atoms with Crippen LogP contribution in [0.2, 0.25) is 0 Å². The van der Waals surface area contributed by atoms with E-state index >= 15 is 0 Å². The molecule has 0 aliphatic carbocycles. The largest absolute Gasteiger partial charge is 0.385 e. The monoisotopic (exact) mass is 437 g/mol. The van der Waals surface area contributed by atoms with Gasteiger partial charge < -0.3 is 10.4 Å². The highest BCUT2D eigenvalue weighted by Gasteiger charge is 2.34. The number of fused-ring (bicyclic) bond motifs is 1. The van der Waals surface area contributed by atoms with Gasteiger partial charge in [0, 0.05) is 12.1 Å². The Kier molecular flexibility index (Phi) is 5.92. The molecule has 3 aromatic carbocycles. The summed E-state index contributed by atoms with van der Waals surface area (Å²) in [5.74, 6) is 0.486. The number of aliphatic hydroxyl groups excluding tert-OH is 1. The third-order valence-corrected chi connectivity index (χ3v) is 6.68. The molecular weight excluding hydrogens is 414 g/mol. The van der Waals surface area contributed by atoms with E-state index < -0.39 is 6.10 Å². The molecule has 5 heteroatoms. The van der Waals surface area contributed by atoms with Crippen molar-refractivity contribution in [1.82, 2.24) is 9.97 Å². The number of para-hydroxylation sites is 1. The molecule has 0 saturated carbocycles. The van der Waals surface area contributed by atoms with Gasteiger partial charge in [-0.3, -0.25) is 0 Å². The minimum Gasteiger partial charge on any atom is -0.385 e. The number of aliphatic hydroxyl groups is 1. The Bertz CT molecular complexity index is 1240. The van der Waals surface area contributed by atoms with Gasteiger partial charge in [-0.25, -0.2) is 9.97 Å². The van der Waals surface area contributed by atoms with Crippen LogP contribution in [0.15, 0.2) is 109 Å². The standard InChI is InChI=1S/C27H23N3OS/c31-26(27-29-21-15-7-8-16-22(21)32-27)24(19-11-3-1-4-12-19)25(20-13-5-2-6-14-20)30-23-17-9-10-18-28-23/h1-18,24-26,31H,(H,28,30). The molecule has 3 atom stereocenters. The van der Waals surface area contributed by atoms with Crippen LogP contribution in [-0.2, 0) is 0 Å². The third-order valence-electron chi connectivity index (χ3n) is 5.57. The van der Waals surface area contributed by atoms with Crippen LogP contribution in [0.5, 0.6) is 0 Å². The first kappa shape index (κ1) is 20.4. The maximum atomic E-state index is 11.7. The van der Waals surface area contributed by atoms with Crippen molar-refractivity contribution in [2.45, 2.75) is 18.1 Å². The molecule has 0 saturated heterocycles. The topological polar surface area (TPSA) is 58.0 Å². The first-order valence-corrected chi connectivity index (χ1v) is 11.4. The fraction of sp³-hybridized carbons (Fsp3) is 0.111. The summed E-state index contributed by atoms with van der Waals surface area (Å²) in [6.45, 7) is 0. The van der Waals surface area contributed by atoms with Crippen LogP contribution in [0.1, 0.15) is 34.2 Å². The van der Waals surface area contributed by atoms with E-state index in [-0.39, 0.29) is 12.0 Å². The lowest BCUT2D eigenvalue weighted by Crippen LogP contribution is -2.25. The quantitative estimate of drug-likeness (QED) is 0.311. The predicted molar refractivity (Wildman–Crippen MR) is 131 cm³/mol. The summed E-state index contributed by atoms with van der Waals surface area (Å²) < 4.78 is 1.07. The SMILES string of the molecule is OC(c1nc2ccccc2s1)C(c1ccccc1)C(Nc1ccccn1)c1ccccc1. The Labute approximate surface area is 191 Å². The Morgan fingerprint density at radius 2 is 1.38 bits per heavy atom. The molecule has 2 N–H and O–H groups in total. The van der Waals surface area contributed by atoms with E-state index in [0.29, 0.717) is 5.01 Å². The first-order valence-electron chi connectivity index (χ1n) is 10.6. The molecule has 0 aliphatic rings. The number of hydrogen-bond donors (Lipinski definition) is 2. The number of pyridine rings is 1. The van der Waals surface area contributed by atoms with E-state index in [2.05, 4.69) is 34.6 Å². The second-order valence-corrected chi connectivity index (χ2v) is 8.71. The summed E-state index contributed by atoms with van der Waals surface area (Å²) in [4.78, 5) is 9.25. The summed E-state index contributed by atoms with van der Waals surface area (Å²) in [6.07, 6.45) is 0.975. The van der Waals surface area contributed by atoms with Gasteiger partial charge in [-0.2, -0.15) is 0 Å².